The Morgan fingerprint density at radius 2 is 1.64 bits per heavy atom. The molecule has 9 atom stereocenters. The first-order valence-corrected chi connectivity index (χ1v) is 7.78. The third-order valence-electron chi connectivity index (χ3n) is 4.93. The summed E-state index contributed by atoms with van der Waals surface area (Å²) in [5.41, 5.74) is 0. The number of halogens is 2. The number of rotatable bonds is 2. The van der Waals surface area contributed by atoms with E-state index in [-0.39, 0.29) is 31.2 Å². The predicted molar refractivity (Wildman–Crippen MR) is 90.9 cm³/mol. The van der Waals surface area contributed by atoms with Gasteiger partial charge in [-0.1, -0.05) is 0 Å². The molecule has 0 radical (unpaired) electrons. The summed E-state index contributed by atoms with van der Waals surface area (Å²) in [5.74, 6) is -2.76. The van der Waals surface area contributed by atoms with Crippen molar-refractivity contribution in [3.63, 3.8) is 0 Å². The molecule has 2 heterocycles. The number of likely N-dealkylation sites (N-methyl/N-ethyl adjacent to an activating group) is 2. The summed E-state index contributed by atoms with van der Waals surface area (Å²) in [6.07, 6.45) is -5.58. The van der Waals surface area contributed by atoms with Gasteiger partial charge in [-0.25, -0.2) is 0 Å². The lowest BCUT2D eigenvalue weighted by atomic mass is 9.80. The molecule has 0 aromatic heterocycles. The number of carbonyl (C=O) groups excluding carboxylic acids is 1. The lowest BCUT2D eigenvalue weighted by Gasteiger charge is -2.55. The van der Waals surface area contributed by atoms with E-state index < -0.39 is 60.5 Å². The Balaban J connectivity index is 0.00000156. The molecule has 148 valence electrons. The van der Waals surface area contributed by atoms with Crippen LogP contribution in [-0.4, -0.2) is 89.9 Å². The monoisotopic (exact) mass is 404 g/mol. The van der Waals surface area contributed by atoms with Gasteiger partial charge in [0, 0.05) is 6.42 Å². The smallest absolute Gasteiger partial charge is 0.280 e. The molecule has 0 unspecified atom stereocenters. The SMILES string of the molecule is CN[C@H]1[C@@H](O)[C@H]2O[C@@H]3O[C@H](C)CC(=O)[C@]3(O)O[C@@H]2[C@@H](NC)[C@H]1O.Cl.Cl. The van der Waals surface area contributed by atoms with Crippen LogP contribution >= 0.6 is 24.8 Å². The van der Waals surface area contributed by atoms with E-state index in [1.54, 1.807) is 21.0 Å². The second kappa shape index (κ2) is 8.30. The zero-order chi connectivity index (χ0) is 16.9. The molecule has 0 bridgehead atoms. The van der Waals surface area contributed by atoms with Crippen LogP contribution in [-0.2, 0) is 19.0 Å². The summed E-state index contributed by atoms with van der Waals surface area (Å²) in [5, 5.41) is 37.2. The fourth-order valence-electron chi connectivity index (χ4n) is 3.68. The Morgan fingerprint density at radius 3 is 2.20 bits per heavy atom. The number of ketones is 1. The molecule has 2 saturated heterocycles. The maximum atomic E-state index is 12.2. The molecular formula is C14H26Cl2N2O7. The number of hydrogen-bond donors (Lipinski definition) is 5. The average molecular weight is 405 g/mol. The summed E-state index contributed by atoms with van der Waals surface area (Å²) in [4.78, 5) is 12.2. The van der Waals surface area contributed by atoms with Crippen LogP contribution < -0.4 is 10.6 Å². The highest BCUT2D eigenvalue weighted by molar-refractivity contribution is 5.87. The highest BCUT2D eigenvalue weighted by atomic mass is 35.5. The van der Waals surface area contributed by atoms with Crippen LogP contribution in [0.25, 0.3) is 0 Å². The largest absolute Gasteiger partial charge is 0.390 e. The first kappa shape index (κ1) is 23.0. The van der Waals surface area contributed by atoms with Gasteiger partial charge in [-0.3, -0.25) is 4.79 Å². The van der Waals surface area contributed by atoms with Crippen LogP contribution in [0.15, 0.2) is 0 Å². The maximum absolute atomic E-state index is 12.2. The molecule has 0 aromatic rings. The second-order valence-corrected chi connectivity index (χ2v) is 6.40. The highest BCUT2D eigenvalue weighted by Gasteiger charge is 2.63. The molecule has 5 N–H and O–H groups in total. The van der Waals surface area contributed by atoms with Gasteiger partial charge in [0.1, 0.15) is 18.3 Å². The molecule has 1 aliphatic carbocycles. The molecule has 3 rings (SSSR count). The Labute approximate surface area is 158 Å². The first-order valence-electron chi connectivity index (χ1n) is 7.78. The zero-order valence-electron chi connectivity index (χ0n) is 14.1. The summed E-state index contributed by atoms with van der Waals surface area (Å²) >= 11 is 0. The second-order valence-electron chi connectivity index (χ2n) is 6.40. The summed E-state index contributed by atoms with van der Waals surface area (Å²) < 4.78 is 16.8. The number of nitrogens with one attached hydrogen (secondary N) is 2. The van der Waals surface area contributed by atoms with Crippen LogP contribution in [0.1, 0.15) is 13.3 Å². The lowest BCUT2D eigenvalue weighted by Crippen LogP contribution is -2.77. The standard InChI is InChI=1S/C14H24N2O7.2ClH/c1-5-4-6(17)14(20)13(21-5)22-12-10(19)7(15-2)9(18)8(16-3)11(12)23-14;;/h5,7-13,15-16,18-20H,4H2,1-3H3;2*1H/t5-,7-,8+,9+,10-,11-,12-,13+,14+;;/m1../s1. The Bertz CT molecular complexity index is 488. The molecule has 25 heavy (non-hydrogen) atoms. The van der Waals surface area contributed by atoms with E-state index >= 15 is 0 Å². The van der Waals surface area contributed by atoms with Gasteiger partial charge in [-0.15, -0.1) is 24.8 Å². The van der Waals surface area contributed by atoms with Gasteiger partial charge >= 0.3 is 0 Å². The van der Waals surface area contributed by atoms with Crippen molar-refractivity contribution in [1.82, 2.24) is 10.6 Å². The Morgan fingerprint density at radius 1 is 1.04 bits per heavy atom. The van der Waals surface area contributed by atoms with Crippen LogP contribution in [0.5, 0.6) is 0 Å². The minimum atomic E-state index is -2.23. The molecule has 0 spiro atoms. The molecule has 3 aliphatic rings. The van der Waals surface area contributed by atoms with Gasteiger partial charge in [0.15, 0.2) is 5.78 Å². The topological polar surface area (TPSA) is 130 Å². The molecule has 3 fully saturated rings. The number of ether oxygens (including phenoxy) is 3. The quantitative estimate of drug-likeness (QED) is 0.351. The van der Waals surface area contributed by atoms with Crippen LogP contribution in [0.2, 0.25) is 0 Å². The fraction of sp³-hybridized carbons (Fsp3) is 0.929. The number of aliphatic hydroxyl groups is 3. The fourth-order valence-corrected chi connectivity index (χ4v) is 3.68. The molecule has 9 nitrogen and oxygen atoms in total. The lowest BCUT2D eigenvalue weighted by molar-refractivity contribution is -0.420. The Kier molecular flexibility index (Phi) is 7.63. The van der Waals surface area contributed by atoms with Crippen molar-refractivity contribution in [1.29, 1.82) is 0 Å². The van der Waals surface area contributed by atoms with E-state index in [4.69, 9.17) is 14.2 Å². The minimum Gasteiger partial charge on any atom is -0.390 e. The molecule has 11 heteroatoms. The minimum absolute atomic E-state index is 0. The third-order valence-corrected chi connectivity index (χ3v) is 4.93. The molecule has 0 aromatic carbocycles. The first-order chi connectivity index (χ1) is 10.8. The van der Waals surface area contributed by atoms with E-state index in [1.807, 2.05) is 0 Å². The molecule has 1 saturated carbocycles. The van der Waals surface area contributed by atoms with Gasteiger partial charge in [-0.2, -0.15) is 0 Å². The van der Waals surface area contributed by atoms with Crippen LogP contribution in [0.3, 0.4) is 0 Å². The van der Waals surface area contributed by atoms with E-state index in [0.29, 0.717) is 0 Å². The van der Waals surface area contributed by atoms with Crippen LogP contribution in [0.4, 0.5) is 0 Å². The number of Topliss-reactive ketones (excluding diaryl/α,β-unsaturated/α-hetero) is 1. The number of hydrogen-bond acceptors (Lipinski definition) is 9. The van der Waals surface area contributed by atoms with Crippen molar-refractivity contribution < 1.29 is 34.3 Å². The van der Waals surface area contributed by atoms with Crippen molar-refractivity contribution >= 4 is 30.6 Å². The number of carbonyl (C=O) groups is 1. The molecule has 0 amide bonds. The van der Waals surface area contributed by atoms with Crippen molar-refractivity contribution in [2.45, 2.75) is 68.0 Å². The zero-order valence-corrected chi connectivity index (χ0v) is 15.8. The predicted octanol–water partition coefficient (Wildman–Crippen LogP) is -2.08. The number of aliphatic hydroxyl groups excluding tert-OH is 2. The van der Waals surface area contributed by atoms with Crippen LogP contribution in [0, 0.1) is 0 Å². The summed E-state index contributed by atoms with van der Waals surface area (Å²) in [6, 6.07) is -1.29. The summed E-state index contributed by atoms with van der Waals surface area (Å²) in [7, 11) is 3.24. The van der Waals surface area contributed by atoms with Gasteiger partial charge in [0.2, 0.25) is 6.29 Å². The van der Waals surface area contributed by atoms with Gasteiger partial charge in [-0.05, 0) is 21.0 Å². The molecule has 2 aliphatic heterocycles. The van der Waals surface area contributed by atoms with E-state index in [9.17, 15) is 20.1 Å². The van der Waals surface area contributed by atoms with E-state index in [1.165, 1.54) is 0 Å². The highest BCUT2D eigenvalue weighted by Crippen LogP contribution is 2.40. The Hall–Kier alpha value is -0.0700. The van der Waals surface area contributed by atoms with E-state index in [0.717, 1.165) is 0 Å². The van der Waals surface area contributed by atoms with Crippen molar-refractivity contribution in [3.05, 3.63) is 0 Å². The average Bonchev–Trinajstić information content (AvgIpc) is 2.49. The molecular weight excluding hydrogens is 379 g/mol. The normalized spacial score (nSPS) is 49.3. The van der Waals surface area contributed by atoms with Crippen molar-refractivity contribution in [2.75, 3.05) is 14.1 Å². The van der Waals surface area contributed by atoms with Gasteiger partial charge in [0.25, 0.3) is 5.79 Å². The van der Waals surface area contributed by atoms with Gasteiger partial charge in [0.05, 0.1) is 24.3 Å². The van der Waals surface area contributed by atoms with Gasteiger partial charge < -0.3 is 40.2 Å². The van der Waals surface area contributed by atoms with Crippen molar-refractivity contribution in [2.24, 2.45) is 0 Å². The van der Waals surface area contributed by atoms with Crippen molar-refractivity contribution in [3.8, 4) is 0 Å². The van der Waals surface area contributed by atoms with E-state index in [2.05, 4.69) is 10.6 Å². The third kappa shape index (κ3) is 3.55. The maximum Gasteiger partial charge on any atom is 0.280 e. The summed E-state index contributed by atoms with van der Waals surface area (Å²) in [6.45, 7) is 1.70. The number of fused-ring (bicyclic) bond motifs is 2.